The van der Waals surface area contributed by atoms with Gasteiger partial charge in [-0.05, 0) is 73.4 Å². The van der Waals surface area contributed by atoms with Crippen molar-refractivity contribution in [3.05, 3.63) is 88.9 Å². The maximum absolute atomic E-state index is 13.4. The fraction of sp³-hybridized carbons (Fsp3) is 0.200. The number of nitrogens with zero attached hydrogens (tertiary/aromatic N) is 2. The molecule has 34 heavy (non-hydrogen) atoms. The minimum Gasteiger partial charge on any atom is -0.497 e. The highest BCUT2D eigenvalue weighted by molar-refractivity contribution is 7.92. The zero-order valence-electron chi connectivity index (χ0n) is 18.6. The Labute approximate surface area is 204 Å². The van der Waals surface area contributed by atoms with Gasteiger partial charge in [-0.3, -0.25) is 9.10 Å². The van der Waals surface area contributed by atoms with E-state index in [1.54, 1.807) is 43.5 Å². The van der Waals surface area contributed by atoms with Crippen LogP contribution in [0.4, 0.5) is 5.69 Å². The molecule has 0 unspecified atom stereocenters. The van der Waals surface area contributed by atoms with Gasteiger partial charge in [0.15, 0.2) is 0 Å². The standard InChI is InChI=1S/C25H24ClN3O4S/c1-33-21-13-14-23-18(15-21)7-5-12-24(23)27-28-25(30)17-29(20-9-6-8-19(26)16-20)34(31,32)22-10-3-2-4-11-22/h2-4,6,8-11,13-16H,5,7,12,17H2,1H3,(H,28,30)/b27-24+. The number of amides is 1. The summed E-state index contributed by atoms with van der Waals surface area (Å²) in [6.45, 7) is -0.455. The molecule has 0 bridgehead atoms. The van der Waals surface area contributed by atoms with Gasteiger partial charge in [-0.25, -0.2) is 13.8 Å². The Balaban J connectivity index is 1.59. The molecular formula is C25H24ClN3O4S. The van der Waals surface area contributed by atoms with Crippen molar-refractivity contribution in [2.75, 3.05) is 18.0 Å². The van der Waals surface area contributed by atoms with E-state index < -0.39 is 22.5 Å². The first-order chi connectivity index (χ1) is 16.4. The monoisotopic (exact) mass is 497 g/mol. The lowest BCUT2D eigenvalue weighted by molar-refractivity contribution is -0.119. The zero-order valence-corrected chi connectivity index (χ0v) is 20.1. The molecule has 0 aliphatic heterocycles. The van der Waals surface area contributed by atoms with Crippen molar-refractivity contribution in [1.82, 2.24) is 5.43 Å². The number of hydrogen-bond donors (Lipinski definition) is 1. The fourth-order valence-electron chi connectivity index (χ4n) is 3.84. The Morgan fingerprint density at radius 3 is 2.59 bits per heavy atom. The van der Waals surface area contributed by atoms with Crippen molar-refractivity contribution in [3.63, 3.8) is 0 Å². The Morgan fingerprint density at radius 1 is 1.06 bits per heavy atom. The lowest BCUT2D eigenvalue weighted by Crippen LogP contribution is -2.40. The summed E-state index contributed by atoms with van der Waals surface area (Å²) in [4.78, 5) is 12.9. The summed E-state index contributed by atoms with van der Waals surface area (Å²) >= 11 is 6.10. The Bertz CT molecular complexity index is 1330. The number of ether oxygens (including phenoxy) is 1. The van der Waals surface area contributed by atoms with Crippen molar-refractivity contribution in [1.29, 1.82) is 0 Å². The minimum absolute atomic E-state index is 0.0734. The maximum Gasteiger partial charge on any atom is 0.264 e. The average Bonchev–Trinajstić information content (AvgIpc) is 2.86. The number of sulfonamides is 1. The van der Waals surface area contributed by atoms with E-state index in [0.717, 1.165) is 39.7 Å². The number of fused-ring (bicyclic) bond motifs is 1. The lowest BCUT2D eigenvalue weighted by Gasteiger charge is -2.24. The Morgan fingerprint density at radius 2 is 1.85 bits per heavy atom. The van der Waals surface area contributed by atoms with Gasteiger partial charge in [-0.1, -0.05) is 35.9 Å². The molecule has 0 saturated carbocycles. The van der Waals surface area contributed by atoms with E-state index in [0.29, 0.717) is 11.4 Å². The van der Waals surface area contributed by atoms with E-state index in [1.165, 1.54) is 18.2 Å². The van der Waals surface area contributed by atoms with Crippen molar-refractivity contribution < 1.29 is 17.9 Å². The molecule has 1 aliphatic rings. The molecule has 0 heterocycles. The zero-order chi connectivity index (χ0) is 24.1. The molecule has 3 aromatic rings. The summed E-state index contributed by atoms with van der Waals surface area (Å²) in [7, 11) is -2.39. The summed E-state index contributed by atoms with van der Waals surface area (Å²) in [5.74, 6) is 0.208. The molecule has 0 spiro atoms. The molecular weight excluding hydrogens is 474 g/mol. The van der Waals surface area contributed by atoms with Gasteiger partial charge < -0.3 is 4.74 Å². The van der Waals surface area contributed by atoms with Crippen LogP contribution in [0.3, 0.4) is 0 Å². The number of methoxy groups -OCH3 is 1. The molecule has 176 valence electrons. The van der Waals surface area contributed by atoms with Crippen LogP contribution in [0.1, 0.15) is 24.0 Å². The SMILES string of the molecule is COc1ccc2c(c1)CCC/C2=N\NC(=O)CN(c1cccc(Cl)c1)S(=O)(=O)c1ccccc1. The number of hydrazone groups is 1. The number of benzene rings is 3. The van der Waals surface area contributed by atoms with Crippen molar-refractivity contribution in [2.24, 2.45) is 5.10 Å². The van der Waals surface area contributed by atoms with Gasteiger partial charge in [-0.15, -0.1) is 0 Å². The molecule has 0 fully saturated rings. The van der Waals surface area contributed by atoms with Crippen LogP contribution in [0, 0.1) is 0 Å². The topological polar surface area (TPSA) is 88.1 Å². The third-order valence-corrected chi connectivity index (χ3v) is 7.54. The number of aryl methyl sites for hydroxylation is 1. The summed E-state index contributed by atoms with van der Waals surface area (Å²) in [5.41, 5.74) is 5.63. The van der Waals surface area contributed by atoms with Crippen molar-refractivity contribution in [2.45, 2.75) is 24.2 Å². The average molecular weight is 498 g/mol. The van der Waals surface area contributed by atoms with E-state index in [-0.39, 0.29) is 10.6 Å². The number of anilines is 1. The van der Waals surface area contributed by atoms with Crippen LogP contribution in [0.2, 0.25) is 5.02 Å². The lowest BCUT2D eigenvalue weighted by atomic mass is 9.90. The summed E-state index contributed by atoms with van der Waals surface area (Å²) < 4.78 is 33.1. The largest absolute Gasteiger partial charge is 0.497 e. The van der Waals surface area contributed by atoms with Gasteiger partial charge in [0.25, 0.3) is 15.9 Å². The second-order valence-electron chi connectivity index (χ2n) is 7.77. The predicted molar refractivity (Wildman–Crippen MR) is 133 cm³/mol. The third-order valence-electron chi connectivity index (χ3n) is 5.51. The molecule has 1 aliphatic carbocycles. The molecule has 0 aromatic heterocycles. The Hall–Kier alpha value is -3.36. The van der Waals surface area contributed by atoms with E-state index in [4.69, 9.17) is 16.3 Å². The first kappa shape index (κ1) is 23.8. The van der Waals surface area contributed by atoms with E-state index in [9.17, 15) is 13.2 Å². The van der Waals surface area contributed by atoms with Gasteiger partial charge >= 0.3 is 0 Å². The summed E-state index contributed by atoms with van der Waals surface area (Å²) in [6, 6.07) is 20.1. The molecule has 1 N–H and O–H groups in total. The smallest absolute Gasteiger partial charge is 0.264 e. The molecule has 0 saturated heterocycles. The number of nitrogens with one attached hydrogen (secondary N) is 1. The minimum atomic E-state index is -4.01. The van der Waals surface area contributed by atoms with Gasteiger partial charge in [0.05, 0.1) is 23.4 Å². The second kappa shape index (κ2) is 10.3. The normalized spacial score (nSPS) is 14.4. The van der Waals surface area contributed by atoms with Gasteiger partial charge in [0.1, 0.15) is 12.3 Å². The van der Waals surface area contributed by atoms with Crippen LogP contribution in [0.15, 0.2) is 82.8 Å². The number of halogens is 1. The first-order valence-corrected chi connectivity index (χ1v) is 12.6. The van der Waals surface area contributed by atoms with E-state index >= 15 is 0 Å². The highest BCUT2D eigenvalue weighted by Gasteiger charge is 2.27. The number of carbonyl (C=O) groups excluding carboxylic acids is 1. The molecule has 4 rings (SSSR count). The predicted octanol–water partition coefficient (Wildman–Crippen LogP) is 4.40. The van der Waals surface area contributed by atoms with Crippen LogP contribution >= 0.6 is 11.6 Å². The highest BCUT2D eigenvalue weighted by atomic mass is 35.5. The summed E-state index contributed by atoms with van der Waals surface area (Å²) in [6.07, 6.45) is 2.50. The van der Waals surface area contributed by atoms with Crippen molar-refractivity contribution in [3.8, 4) is 5.75 Å². The van der Waals surface area contributed by atoms with E-state index in [1.807, 2.05) is 18.2 Å². The van der Waals surface area contributed by atoms with Crippen LogP contribution < -0.4 is 14.5 Å². The number of carbonyl (C=O) groups is 1. The molecule has 1 amide bonds. The molecule has 7 nitrogen and oxygen atoms in total. The van der Waals surface area contributed by atoms with Crippen molar-refractivity contribution >= 4 is 38.9 Å². The van der Waals surface area contributed by atoms with Gasteiger partial charge in [0.2, 0.25) is 0 Å². The quantitative estimate of drug-likeness (QED) is 0.490. The highest BCUT2D eigenvalue weighted by Crippen LogP contribution is 2.27. The molecule has 0 radical (unpaired) electrons. The van der Waals surface area contributed by atoms with Crippen LogP contribution in [-0.2, 0) is 21.2 Å². The summed E-state index contributed by atoms with van der Waals surface area (Å²) in [5, 5.41) is 4.69. The first-order valence-electron chi connectivity index (χ1n) is 10.7. The van der Waals surface area contributed by atoms with Crippen LogP contribution in [-0.4, -0.2) is 33.7 Å². The number of rotatable bonds is 7. The fourth-order valence-corrected chi connectivity index (χ4v) is 5.46. The van der Waals surface area contributed by atoms with Crippen LogP contribution in [0.25, 0.3) is 0 Å². The Kier molecular flexibility index (Phi) is 7.19. The van der Waals surface area contributed by atoms with Crippen LogP contribution in [0.5, 0.6) is 5.75 Å². The van der Waals surface area contributed by atoms with Gasteiger partial charge in [0, 0.05) is 10.6 Å². The van der Waals surface area contributed by atoms with E-state index in [2.05, 4.69) is 10.5 Å². The number of hydrogen-bond acceptors (Lipinski definition) is 5. The molecule has 3 aromatic carbocycles. The second-order valence-corrected chi connectivity index (χ2v) is 10.1. The molecule has 9 heteroatoms. The molecule has 0 atom stereocenters. The maximum atomic E-state index is 13.4. The van der Waals surface area contributed by atoms with Gasteiger partial charge in [-0.2, -0.15) is 5.10 Å². The third kappa shape index (κ3) is 5.24.